The molecule has 0 bridgehead atoms. The molecule has 8 aromatic rings. The Morgan fingerprint density at radius 3 is 2.08 bits per heavy atom. The fourth-order valence-electron chi connectivity index (χ4n) is 7.10. The monoisotopic (exact) mass is 1180 g/mol. The maximum atomic E-state index is 13.2. The number of hydrogen-bond acceptors (Lipinski definition) is 28. The molecule has 0 aliphatic carbocycles. The van der Waals surface area contributed by atoms with E-state index < -0.39 is 64.0 Å². The lowest BCUT2D eigenvalue weighted by molar-refractivity contribution is -0.432. The van der Waals surface area contributed by atoms with Gasteiger partial charge in [0.25, 0.3) is 30.4 Å². The van der Waals surface area contributed by atoms with Crippen molar-refractivity contribution in [1.29, 1.82) is 5.26 Å². The van der Waals surface area contributed by atoms with Crippen LogP contribution in [0.15, 0.2) is 112 Å². The zero-order valence-electron chi connectivity index (χ0n) is 39.4. The Morgan fingerprint density at radius 1 is 0.753 bits per heavy atom. The van der Waals surface area contributed by atoms with Crippen molar-refractivity contribution in [2.45, 2.75) is 35.0 Å². The largest absolute Gasteiger partial charge is 0.505 e. The number of rotatable bonds is 19. The second-order valence-corrected chi connectivity index (χ2v) is 22.3. The van der Waals surface area contributed by atoms with E-state index in [4.69, 9.17) is 24.5 Å². The number of hydrogen-bond donors (Lipinski definition) is 7. The molecular formula is C42H36N10O19S6. The van der Waals surface area contributed by atoms with Crippen molar-refractivity contribution in [2.75, 3.05) is 25.7 Å². The van der Waals surface area contributed by atoms with Crippen molar-refractivity contribution in [3.05, 3.63) is 83.4 Å². The fourth-order valence-corrected chi connectivity index (χ4v) is 10.2. The zero-order chi connectivity index (χ0) is 56.0. The molecular weight excluding hydrogens is 1140 g/mol. The predicted octanol–water partition coefficient (Wildman–Crippen LogP) is 10.7. The molecule has 3 heterocycles. The zero-order valence-corrected chi connectivity index (χ0v) is 44.3. The van der Waals surface area contributed by atoms with E-state index in [1.807, 2.05) is 6.07 Å². The molecule has 8 rings (SSSR count). The number of aryl methyl sites for hydroxylation is 1. The molecule has 0 aliphatic heterocycles. The van der Waals surface area contributed by atoms with Gasteiger partial charge in [-0.05, 0) is 68.3 Å². The highest BCUT2D eigenvalue weighted by Crippen LogP contribution is 2.49. The molecule has 0 radical (unpaired) electrons. The minimum atomic E-state index is -5.24. The van der Waals surface area contributed by atoms with Gasteiger partial charge in [-0.25, -0.2) is 20.5 Å². The Hall–Kier alpha value is -7.12. The third kappa shape index (κ3) is 13.7. The minimum absolute atomic E-state index is 0.0198. The van der Waals surface area contributed by atoms with Gasteiger partial charge in [0.1, 0.15) is 45.1 Å². The first-order valence-electron chi connectivity index (χ1n) is 21.0. The van der Waals surface area contributed by atoms with Crippen molar-refractivity contribution >= 4 is 137 Å². The summed E-state index contributed by atoms with van der Waals surface area (Å²) in [6, 6.07) is 18.4. The number of benzene rings is 5. The van der Waals surface area contributed by atoms with Gasteiger partial charge in [0.2, 0.25) is 11.0 Å². The van der Waals surface area contributed by atoms with Crippen LogP contribution in [0.1, 0.15) is 23.1 Å². The topological polar surface area (TPSA) is 428 Å². The summed E-state index contributed by atoms with van der Waals surface area (Å²) in [5, 5.41) is 83.2. The van der Waals surface area contributed by atoms with Crippen LogP contribution in [0.4, 0.5) is 33.6 Å². The van der Waals surface area contributed by atoms with Gasteiger partial charge in [0.05, 0.1) is 86.5 Å². The van der Waals surface area contributed by atoms with E-state index in [0.717, 1.165) is 12.1 Å². The molecule has 5 aromatic carbocycles. The molecule has 35 heteroatoms. The van der Waals surface area contributed by atoms with E-state index in [0.29, 0.717) is 55.8 Å². The van der Waals surface area contributed by atoms with Gasteiger partial charge >= 0.3 is 0 Å². The highest BCUT2D eigenvalue weighted by atomic mass is 32.2. The number of pyridine rings is 1. The van der Waals surface area contributed by atoms with Crippen LogP contribution in [-0.2, 0) is 49.1 Å². The average Bonchev–Trinajstić information content (AvgIpc) is 4.00. The molecule has 0 saturated carbocycles. The summed E-state index contributed by atoms with van der Waals surface area (Å²) in [4.78, 5) is 8.22. The van der Waals surface area contributed by atoms with Gasteiger partial charge < -0.3 is 19.7 Å². The molecule has 0 saturated heterocycles. The number of phenols is 1. The Morgan fingerprint density at radius 2 is 1.42 bits per heavy atom. The van der Waals surface area contributed by atoms with E-state index in [-0.39, 0.29) is 85.5 Å². The molecule has 3 aromatic heterocycles. The van der Waals surface area contributed by atoms with E-state index >= 15 is 0 Å². The summed E-state index contributed by atoms with van der Waals surface area (Å²) in [7, 11) is -11.8. The van der Waals surface area contributed by atoms with Crippen LogP contribution >= 0.6 is 35.4 Å². The van der Waals surface area contributed by atoms with Crippen LogP contribution in [0.5, 0.6) is 23.1 Å². The summed E-state index contributed by atoms with van der Waals surface area (Å²) in [5.74, 6) is -1.49. The quantitative estimate of drug-likeness (QED) is 0.00987. The van der Waals surface area contributed by atoms with Gasteiger partial charge in [-0.2, -0.15) is 30.5 Å². The summed E-state index contributed by atoms with van der Waals surface area (Å²) in [6.45, 7) is 2.86. The first kappa shape index (κ1) is 57.6. The first-order valence-corrected chi connectivity index (χ1v) is 28.2. The first-order chi connectivity index (χ1) is 36.4. The Bertz CT molecular complexity index is 4090. The number of azo groups is 3. The molecule has 77 heavy (non-hydrogen) atoms. The second-order valence-electron chi connectivity index (χ2n) is 15.4. The lowest BCUT2D eigenvalue weighted by Crippen LogP contribution is -2.08. The number of nitriles is 1. The molecule has 0 fully saturated rings. The fraction of sp³-hybridized carbons (Fsp3) is 0.167. The van der Waals surface area contributed by atoms with E-state index in [2.05, 4.69) is 59.4 Å². The predicted molar refractivity (Wildman–Crippen MR) is 274 cm³/mol. The van der Waals surface area contributed by atoms with Crippen LogP contribution in [0.2, 0.25) is 0 Å². The average molecular weight is 1180 g/mol. The van der Waals surface area contributed by atoms with Crippen LogP contribution in [0.3, 0.4) is 0 Å². The number of nitrogens with zero attached hydrogens (tertiary/aromatic N) is 10. The number of imidazole rings is 1. The Labute approximate surface area is 446 Å². The number of fused-ring (bicyclic) bond motifs is 5. The summed E-state index contributed by atoms with van der Waals surface area (Å²) >= 11 is 2.08. The van der Waals surface area contributed by atoms with Crippen LogP contribution < -0.4 is 9.47 Å². The summed E-state index contributed by atoms with van der Waals surface area (Å²) < 4.78 is 117. The third-order valence-corrected chi connectivity index (χ3v) is 14.2. The Kier molecular flexibility index (Phi) is 18.0. The van der Waals surface area contributed by atoms with Crippen molar-refractivity contribution in [3.8, 4) is 29.2 Å². The SMILES string of the molecule is COc1cc2sc(N=Nc3cc(OCCCS(=O)(=O)O)c(N=Nc4c(SOOO)cc5c(S(=O)(=O)O)c(N=Nc6c(C)c(C#N)c7nc8ccccc8n7c6O)ccc5c4O)cc3C)nc2cc1SOOO.CS(=O)(=O)O. The van der Waals surface area contributed by atoms with Crippen LogP contribution in [0.25, 0.3) is 37.7 Å². The smallest absolute Gasteiger partial charge is 0.297 e. The number of aromatic nitrogens is 3. The standard InChI is InChI=1S/C41H32N10O16S5.CH4O3S/c1-19-13-27(30(63-11-6-12-71(56,57)58)15-26(19)46-50-41-44-28-16-33(69-66-64-54)31(62-3)17-32(28)68-41)47-49-36-34(70-67-65-55)14-22-21(37(36)52)9-10-25(38(22)72(59,60)61)45-48-35-20(2)23(18-42)39-43-24-7-4-5-8-29(24)51(39)40(35)53;1-5(2,3)4/h4-5,7-10,13-17,52-55H,6,11-12H2,1-3H3,(H,56,57,58)(H,59,60,61);1H3,(H,2,3,4). The molecule has 404 valence electrons. The van der Waals surface area contributed by atoms with Crippen molar-refractivity contribution in [1.82, 2.24) is 14.4 Å². The number of para-hydroxylation sites is 2. The molecule has 7 N–H and O–H groups in total. The minimum Gasteiger partial charge on any atom is -0.505 e. The number of ether oxygens (including phenoxy) is 2. The van der Waals surface area contributed by atoms with Gasteiger partial charge in [0.15, 0.2) is 17.1 Å². The molecule has 0 unspecified atom stereocenters. The van der Waals surface area contributed by atoms with Gasteiger partial charge in [0, 0.05) is 28.5 Å². The molecule has 0 spiro atoms. The van der Waals surface area contributed by atoms with Gasteiger partial charge in [-0.3, -0.25) is 18.1 Å². The maximum absolute atomic E-state index is 13.2. The highest BCUT2D eigenvalue weighted by molar-refractivity contribution is 7.95. The second kappa shape index (κ2) is 24.0. The van der Waals surface area contributed by atoms with Crippen LogP contribution in [-0.4, -0.2) is 99.7 Å². The van der Waals surface area contributed by atoms with E-state index in [9.17, 15) is 49.8 Å². The van der Waals surface area contributed by atoms with Crippen LogP contribution in [0, 0.1) is 25.2 Å². The highest BCUT2D eigenvalue weighted by Gasteiger charge is 2.27. The van der Waals surface area contributed by atoms with Crippen molar-refractivity contribution in [2.24, 2.45) is 30.7 Å². The molecule has 0 atom stereocenters. The molecule has 0 aliphatic rings. The van der Waals surface area contributed by atoms with Gasteiger partial charge in [-0.1, -0.05) is 33.5 Å². The third-order valence-electron chi connectivity index (χ3n) is 10.3. The van der Waals surface area contributed by atoms with E-state index in [1.54, 1.807) is 43.3 Å². The summed E-state index contributed by atoms with van der Waals surface area (Å²) in [5.41, 5.74) is 1.25. The van der Waals surface area contributed by atoms with Crippen molar-refractivity contribution in [3.63, 3.8) is 0 Å². The Balaban J connectivity index is 0.00000165. The lowest BCUT2D eigenvalue weighted by Gasteiger charge is -2.13. The number of phenolic OH excluding ortho intramolecular Hbond substituents is 1. The van der Waals surface area contributed by atoms with Gasteiger partial charge in [-0.15, -0.1) is 39.4 Å². The molecule has 29 nitrogen and oxygen atoms in total. The molecule has 0 amide bonds. The normalized spacial score (nSPS) is 12.4. The number of methoxy groups -OCH3 is 1. The lowest BCUT2D eigenvalue weighted by atomic mass is 10.1. The maximum Gasteiger partial charge on any atom is 0.297 e. The van der Waals surface area contributed by atoms with E-state index in [1.165, 1.54) is 48.0 Å². The number of aromatic hydroxyl groups is 2. The number of thiazole rings is 1. The summed E-state index contributed by atoms with van der Waals surface area (Å²) in [6.07, 6.45) is 0.555. The van der Waals surface area contributed by atoms with Crippen molar-refractivity contribution < 1.29 is 87.9 Å².